The van der Waals surface area contributed by atoms with Crippen LogP contribution in [0.15, 0.2) is 59.8 Å². The predicted molar refractivity (Wildman–Crippen MR) is 114 cm³/mol. The summed E-state index contributed by atoms with van der Waals surface area (Å²) in [7, 11) is -0.711. The molecule has 0 aliphatic heterocycles. The summed E-state index contributed by atoms with van der Waals surface area (Å²) in [6.07, 6.45) is 3.15. The van der Waals surface area contributed by atoms with E-state index in [1.54, 1.807) is 56.8 Å². The molecule has 0 atom stereocenters. The Bertz CT molecular complexity index is 1300. The molecule has 0 spiro atoms. The molecule has 2 heterocycles. The Hall–Kier alpha value is -2.90. The first kappa shape index (κ1) is 19.4. The highest BCUT2D eigenvalue weighted by molar-refractivity contribution is 7.90. The summed E-state index contributed by atoms with van der Waals surface area (Å²) >= 11 is 6.22. The van der Waals surface area contributed by atoms with Crippen molar-refractivity contribution < 1.29 is 17.9 Å². The Morgan fingerprint density at radius 2 is 1.66 bits per heavy atom. The molecule has 0 fully saturated rings. The highest BCUT2D eigenvalue weighted by Crippen LogP contribution is 2.38. The maximum Gasteiger partial charge on any atom is 0.268 e. The molecular formula is C21H19ClN2O4S. The van der Waals surface area contributed by atoms with Crippen LogP contribution in [0, 0.1) is 6.92 Å². The Balaban J connectivity index is 1.93. The van der Waals surface area contributed by atoms with E-state index in [0.717, 1.165) is 16.5 Å². The van der Waals surface area contributed by atoms with Crippen LogP contribution in [0.25, 0.3) is 22.2 Å². The van der Waals surface area contributed by atoms with Crippen LogP contribution in [-0.2, 0) is 10.0 Å². The van der Waals surface area contributed by atoms with Gasteiger partial charge in [-0.2, -0.15) is 0 Å². The lowest BCUT2D eigenvalue weighted by molar-refractivity contribution is 0.356. The molecule has 0 aliphatic carbocycles. The first-order valence-electron chi connectivity index (χ1n) is 8.79. The zero-order valence-electron chi connectivity index (χ0n) is 16.1. The number of aryl methyl sites for hydroxylation is 1. The fourth-order valence-electron chi connectivity index (χ4n) is 3.29. The molecule has 0 saturated heterocycles. The fourth-order valence-corrected chi connectivity index (χ4v) is 4.92. The van der Waals surface area contributed by atoms with Crippen molar-refractivity contribution >= 4 is 32.5 Å². The predicted octanol–water partition coefficient (Wildman–Crippen LogP) is 4.85. The minimum Gasteiger partial charge on any atom is -0.493 e. The lowest BCUT2D eigenvalue weighted by Crippen LogP contribution is -2.13. The second-order valence-corrected chi connectivity index (χ2v) is 8.86. The van der Waals surface area contributed by atoms with Crippen molar-refractivity contribution in [1.29, 1.82) is 0 Å². The van der Waals surface area contributed by atoms with E-state index in [4.69, 9.17) is 21.1 Å². The number of nitrogens with zero attached hydrogens (tertiary/aromatic N) is 1. The number of fused-ring (bicyclic) bond motifs is 1. The van der Waals surface area contributed by atoms with Gasteiger partial charge in [0.2, 0.25) is 0 Å². The fraction of sp³-hybridized carbons (Fsp3) is 0.143. The molecule has 2 aromatic carbocycles. The average Bonchev–Trinajstić information content (AvgIpc) is 3.30. The first-order valence-corrected chi connectivity index (χ1v) is 10.6. The van der Waals surface area contributed by atoms with Crippen molar-refractivity contribution in [2.24, 2.45) is 0 Å². The molecule has 4 rings (SSSR count). The van der Waals surface area contributed by atoms with Crippen LogP contribution in [0.5, 0.6) is 11.5 Å². The number of aromatic nitrogens is 2. The SMILES string of the molecule is COc1cc2[nH]cc(-c3cc(Cl)cn3S(=O)(=O)c3ccc(C)cc3)c2cc1OC. The molecule has 6 nitrogen and oxygen atoms in total. The van der Waals surface area contributed by atoms with Crippen LogP contribution in [0.4, 0.5) is 0 Å². The second-order valence-electron chi connectivity index (χ2n) is 6.61. The Labute approximate surface area is 173 Å². The normalized spacial score (nSPS) is 11.7. The molecule has 0 saturated carbocycles. The Morgan fingerprint density at radius 1 is 1.00 bits per heavy atom. The molecule has 8 heteroatoms. The quantitative estimate of drug-likeness (QED) is 0.491. The molecule has 0 unspecified atom stereocenters. The third-order valence-corrected chi connectivity index (χ3v) is 6.69. The van der Waals surface area contributed by atoms with Crippen molar-refractivity contribution in [1.82, 2.24) is 8.96 Å². The number of ether oxygens (including phenoxy) is 2. The summed E-state index contributed by atoms with van der Waals surface area (Å²) in [5, 5.41) is 1.11. The summed E-state index contributed by atoms with van der Waals surface area (Å²) in [4.78, 5) is 3.35. The van der Waals surface area contributed by atoms with Gasteiger partial charge in [-0.15, -0.1) is 0 Å². The van der Waals surface area contributed by atoms with E-state index in [9.17, 15) is 8.42 Å². The maximum atomic E-state index is 13.3. The lowest BCUT2D eigenvalue weighted by atomic mass is 10.1. The van der Waals surface area contributed by atoms with E-state index in [1.807, 2.05) is 13.0 Å². The van der Waals surface area contributed by atoms with Crippen molar-refractivity contribution in [2.45, 2.75) is 11.8 Å². The number of H-pyrrole nitrogens is 1. The number of hydrogen-bond donors (Lipinski definition) is 1. The Morgan fingerprint density at radius 3 is 2.31 bits per heavy atom. The van der Waals surface area contributed by atoms with E-state index in [1.165, 1.54) is 10.2 Å². The van der Waals surface area contributed by atoms with Gasteiger partial charge in [-0.3, -0.25) is 0 Å². The van der Waals surface area contributed by atoms with Gasteiger partial charge in [-0.05, 0) is 31.2 Å². The van der Waals surface area contributed by atoms with Crippen molar-refractivity contribution in [3.8, 4) is 22.8 Å². The third kappa shape index (κ3) is 3.26. The molecule has 0 aliphatic rings. The van der Waals surface area contributed by atoms with Crippen molar-refractivity contribution in [2.75, 3.05) is 14.2 Å². The molecule has 0 radical (unpaired) electrons. The zero-order chi connectivity index (χ0) is 20.8. The molecule has 1 N–H and O–H groups in total. The maximum absolute atomic E-state index is 13.3. The number of rotatable bonds is 5. The summed E-state index contributed by atoms with van der Waals surface area (Å²) in [6, 6.07) is 12.0. The number of methoxy groups -OCH3 is 2. The smallest absolute Gasteiger partial charge is 0.268 e. The standard InChI is InChI=1S/C21H19ClN2O4S/c1-13-4-6-15(7-5-13)29(25,26)24-12-14(22)8-19(24)17-11-23-18-10-21(28-3)20(27-2)9-16(17)18/h4-12,23H,1-3H3. The average molecular weight is 431 g/mol. The van der Waals surface area contributed by atoms with Crippen LogP contribution in [-0.4, -0.2) is 31.6 Å². The summed E-state index contributed by atoms with van der Waals surface area (Å²) < 4.78 is 38.5. The second kappa shape index (κ2) is 7.17. The van der Waals surface area contributed by atoms with Gasteiger partial charge >= 0.3 is 0 Å². The van der Waals surface area contributed by atoms with Crippen LogP contribution < -0.4 is 9.47 Å². The number of benzene rings is 2. The van der Waals surface area contributed by atoms with Gasteiger partial charge in [0.25, 0.3) is 10.0 Å². The molecule has 150 valence electrons. The van der Waals surface area contributed by atoms with Gasteiger partial charge in [-0.1, -0.05) is 29.3 Å². The van der Waals surface area contributed by atoms with E-state index in [2.05, 4.69) is 4.98 Å². The van der Waals surface area contributed by atoms with Gasteiger partial charge in [0.1, 0.15) is 0 Å². The molecular weight excluding hydrogens is 412 g/mol. The van der Waals surface area contributed by atoms with E-state index in [0.29, 0.717) is 27.8 Å². The molecule has 29 heavy (non-hydrogen) atoms. The summed E-state index contributed by atoms with van der Waals surface area (Å²) in [6.45, 7) is 1.90. The molecule has 0 bridgehead atoms. The highest BCUT2D eigenvalue weighted by atomic mass is 35.5. The summed E-state index contributed by atoms with van der Waals surface area (Å²) in [5.74, 6) is 1.13. The van der Waals surface area contributed by atoms with E-state index >= 15 is 0 Å². The number of nitrogens with one attached hydrogen (secondary N) is 1. The van der Waals surface area contributed by atoms with Crippen LogP contribution in [0.2, 0.25) is 5.02 Å². The van der Waals surface area contributed by atoms with Gasteiger partial charge in [0.05, 0.1) is 35.3 Å². The van der Waals surface area contributed by atoms with E-state index in [-0.39, 0.29) is 4.90 Å². The van der Waals surface area contributed by atoms with Gasteiger partial charge < -0.3 is 14.5 Å². The van der Waals surface area contributed by atoms with Gasteiger partial charge in [-0.25, -0.2) is 12.4 Å². The van der Waals surface area contributed by atoms with Crippen LogP contribution in [0.1, 0.15) is 5.56 Å². The number of aromatic amines is 1. The number of hydrogen-bond acceptors (Lipinski definition) is 4. The lowest BCUT2D eigenvalue weighted by Gasteiger charge is -2.11. The molecule has 4 aromatic rings. The van der Waals surface area contributed by atoms with Crippen molar-refractivity contribution in [3.05, 3.63) is 65.4 Å². The molecule has 2 aromatic heterocycles. The highest BCUT2D eigenvalue weighted by Gasteiger charge is 2.23. The largest absolute Gasteiger partial charge is 0.493 e. The van der Waals surface area contributed by atoms with Crippen LogP contribution in [0.3, 0.4) is 0 Å². The zero-order valence-corrected chi connectivity index (χ0v) is 17.6. The summed E-state index contributed by atoms with van der Waals surface area (Å²) in [5.41, 5.74) is 2.90. The van der Waals surface area contributed by atoms with Gasteiger partial charge in [0, 0.05) is 29.4 Å². The van der Waals surface area contributed by atoms with Gasteiger partial charge in [0.15, 0.2) is 11.5 Å². The minimum absolute atomic E-state index is 0.190. The topological polar surface area (TPSA) is 73.3 Å². The van der Waals surface area contributed by atoms with Crippen LogP contribution >= 0.6 is 11.6 Å². The number of halogens is 1. The Kier molecular flexibility index (Phi) is 4.80. The minimum atomic E-state index is -3.83. The van der Waals surface area contributed by atoms with E-state index < -0.39 is 10.0 Å². The monoisotopic (exact) mass is 430 g/mol. The molecule has 0 amide bonds. The third-order valence-electron chi connectivity index (χ3n) is 4.79. The first-order chi connectivity index (χ1) is 13.8. The van der Waals surface area contributed by atoms with Crippen molar-refractivity contribution in [3.63, 3.8) is 0 Å².